The number of hydrogen-bond donors (Lipinski definition) is 2. The number of carboxylic acid groups (broad SMARTS) is 1. The van der Waals surface area contributed by atoms with E-state index in [0.717, 1.165) is 0 Å². The van der Waals surface area contributed by atoms with E-state index in [0.29, 0.717) is 17.3 Å². The molecule has 0 saturated heterocycles. The van der Waals surface area contributed by atoms with Gasteiger partial charge in [-0.2, -0.15) is 5.10 Å². The molecule has 0 fully saturated rings. The summed E-state index contributed by atoms with van der Waals surface area (Å²) in [7, 11) is 1.49. The minimum absolute atomic E-state index is 0.00123. The minimum Gasteiger partial charge on any atom is -0.497 e. The summed E-state index contributed by atoms with van der Waals surface area (Å²) in [6.07, 6.45) is 1.48. The Kier molecular flexibility index (Phi) is 5.04. The Morgan fingerprint density at radius 1 is 1.25 bits per heavy atom. The largest absolute Gasteiger partial charge is 0.497 e. The molecule has 0 amide bonds. The van der Waals surface area contributed by atoms with Crippen LogP contribution in [0, 0.1) is 5.82 Å². The van der Waals surface area contributed by atoms with Gasteiger partial charge in [-0.1, -0.05) is 20.8 Å². The predicted octanol–water partition coefficient (Wildman–Crippen LogP) is 4.15. The van der Waals surface area contributed by atoms with Gasteiger partial charge in [0.15, 0.2) is 0 Å². The zero-order valence-electron chi connectivity index (χ0n) is 16.0. The highest BCUT2D eigenvalue weighted by Crippen LogP contribution is 2.30. The van der Waals surface area contributed by atoms with Crippen molar-refractivity contribution in [3.05, 3.63) is 59.7 Å². The number of anilines is 2. The second kappa shape index (κ2) is 7.30. The zero-order chi connectivity index (χ0) is 20.5. The first kappa shape index (κ1) is 19.3. The van der Waals surface area contributed by atoms with Crippen LogP contribution in [0.2, 0.25) is 0 Å². The molecule has 0 saturated carbocycles. The van der Waals surface area contributed by atoms with Crippen LogP contribution in [-0.4, -0.2) is 33.0 Å². The molecule has 146 valence electrons. The van der Waals surface area contributed by atoms with Gasteiger partial charge in [-0.25, -0.2) is 18.9 Å². The van der Waals surface area contributed by atoms with E-state index < -0.39 is 11.8 Å². The van der Waals surface area contributed by atoms with Crippen molar-refractivity contribution >= 4 is 17.6 Å². The van der Waals surface area contributed by atoms with Gasteiger partial charge in [-0.3, -0.25) is 0 Å². The van der Waals surface area contributed by atoms with Gasteiger partial charge in [-0.15, -0.1) is 0 Å². The number of carbonyl (C=O) groups is 1. The molecule has 2 aromatic heterocycles. The lowest BCUT2D eigenvalue weighted by Gasteiger charge is -2.14. The van der Waals surface area contributed by atoms with E-state index >= 15 is 0 Å². The predicted molar refractivity (Wildman–Crippen MR) is 103 cm³/mol. The maximum atomic E-state index is 14.6. The molecule has 0 aliphatic carbocycles. The lowest BCUT2D eigenvalue weighted by Crippen LogP contribution is -2.13. The van der Waals surface area contributed by atoms with Crippen molar-refractivity contribution in [3.8, 4) is 11.4 Å². The van der Waals surface area contributed by atoms with Crippen LogP contribution < -0.4 is 10.1 Å². The summed E-state index contributed by atoms with van der Waals surface area (Å²) in [5, 5.41) is 16.9. The molecule has 0 spiro atoms. The monoisotopic (exact) mass is 384 g/mol. The Labute approximate surface area is 161 Å². The Hall–Kier alpha value is -3.42. The quantitative estimate of drug-likeness (QED) is 0.687. The summed E-state index contributed by atoms with van der Waals surface area (Å²) in [5.41, 5.74) is 0.561. The first-order chi connectivity index (χ1) is 13.2. The highest BCUT2D eigenvalue weighted by atomic mass is 19.1. The molecule has 2 heterocycles. The van der Waals surface area contributed by atoms with Crippen LogP contribution in [0.5, 0.6) is 5.75 Å². The van der Waals surface area contributed by atoms with Crippen LogP contribution in [-0.2, 0) is 5.41 Å². The van der Waals surface area contributed by atoms with Crippen molar-refractivity contribution in [3.63, 3.8) is 0 Å². The van der Waals surface area contributed by atoms with Crippen LogP contribution in [0.4, 0.5) is 16.0 Å². The fourth-order valence-corrected chi connectivity index (χ4v) is 2.60. The van der Waals surface area contributed by atoms with Gasteiger partial charge in [0.2, 0.25) is 0 Å². The fraction of sp³-hybridized carbons (Fsp3) is 0.250. The Bertz CT molecular complexity index is 1020. The van der Waals surface area contributed by atoms with E-state index in [2.05, 4.69) is 15.4 Å². The average Bonchev–Trinajstić information content (AvgIpc) is 3.06. The van der Waals surface area contributed by atoms with Crippen molar-refractivity contribution in [2.75, 3.05) is 12.4 Å². The number of methoxy groups -OCH3 is 1. The van der Waals surface area contributed by atoms with Crippen molar-refractivity contribution < 1.29 is 19.0 Å². The van der Waals surface area contributed by atoms with Gasteiger partial charge < -0.3 is 15.2 Å². The number of benzene rings is 1. The molecule has 2 N–H and O–H groups in total. The van der Waals surface area contributed by atoms with Crippen molar-refractivity contribution in [2.24, 2.45) is 0 Å². The maximum Gasteiger partial charge on any atom is 0.339 e. The van der Waals surface area contributed by atoms with Gasteiger partial charge >= 0.3 is 5.97 Å². The van der Waals surface area contributed by atoms with E-state index in [-0.39, 0.29) is 22.5 Å². The Balaban J connectivity index is 2.17. The number of aromatic carboxylic acids is 1. The third-order valence-corrected chi connectivity index (χ3v) is 4.14. The van der Waals surface area contributed by atoms with Crippen LogP contribution >= 0.6 is 0 Å². The van der Waals surface area contributed by atoms with Crippen LogP contribution in [0.1, 0.15) is 36.8 Å². The maximum absolute atomic E-state index is 14.6. The van der Waals surface area contributed by atoms with Gasteiger partial charge in [0, 0.05) is 23.7 Å². The Morgan fingerprint density at radius 2 is 2.00 bits per heavy atom. The van der Waals surface area contributed by atoms with Gasteiger partial charge in [0.05, 0.1) is 12.8 Å². The van der Waals surface area contributed by atoms with E-state index in [1.165, 1.54) is 48.3 Å². The number of nitrogens with one attached hydrogen (secondary N) is 1. The molecular formula is C20H21FN4O3. The lowest BCUT2D eigenvalue weighted by atomic mass is 9.92. The lowest BCUT2D eigenvalue weighted by molar-refractivity contribution is 0.0697. The van der Waals surface area contributed by atoms with E-state index in [4.69, 9.17) is 4.74 Å². The third kappa shape index (κ3) is 3.80. The van der Waals surface area contributed by atoms with Gasteiger partial charge in [0.1, 0.15) is 34.5 Å². The minimum atomic E-state index is -1.12. The van der Waals surface area contributed by atoms with Crippen molar-refractivity contribution in [1.29, 1.82) is 0 Å². The van der Waals surface area contributed by atoms with E-state index in [1.54, 1.807) is 6.07 Å². The molecule has 0 aliphatic rings. The number of aromatic nitrogens is 3. The number of pyridine rings is 1. The molecule has 0 radical (unpaired) electrons. The smallest absolute Gasteiger partial charge is 0.339 e. The molecule has 0 bridgehead atoms. The van der Waals surface area contributed by atoms with Crippen LogP contribution in [0.25, 0.3) is 5.69 Å². The summed E-state index contributed by atoms with van der Waals surface area (Å²) >= 11 is 0. The molecule has 1 aromatic carbocycles. The molecule has 28 heavy (non-hydrogen) atoms. The standard InChI is InChI=1S/C20H21FN4O3/c1-20(2,3)16-11-17(23-18-13(19(26)27)6-5-9-22-18)25(24-16)15-10-12(28-4)7-8-14(15)21/h5-11H,1-4H3,(H,22,23)(H,26,27). The fourth-order valence-electron chi connectivity index (χ4n) is 2.60. The SMILES string of the molecule is COc1ccc(F)c(-n2nc(C(C)(C)C)cc2Nc2ncccc2C(=O)O)c1. The highest BCUT2D eigenvalue weighted by molar-refractivity contribution is 5.93. The van der Waals surface area contributed by atoms with Crippen LogP contribution in [0.3, 0.4) is 0 Å². The van der Waals surface area contributed by atoms with Gasteiger partial charge in [-0.05, 0) is 24.3 Å². The number of halogens is 1. The molecule has 0 atom stereocenters. The summed E-state index contributed by atoms with van der Waals surface area (Å²) in [5.74, 6) is -0.616. The number of rotatable bonds is 5. The highest BCUT2D eigenvalue weighted by Gasteiger charge is 2.23. The Morgan fingerprint density at radius 3 is 2.64 bits per heavy atom. The number of hydrogen-bond acceptors (Lipinski definition) is 5. The topological polar surface area (TPSA) is 89.3 Å². The third-order valence-electron chi connectivity index (χ3n) is 4.14. The molecular weight excluding hydrogens is 363 g/mol. The molecule has 3 rings (SSSR count). The summed E-state index contributed by atoms with van der Waals surface area (Å²) in [4.78, 5) is 15.6. The van der Waals surface area contributed by atoms with E-state index in [1.807, 2.05) is 20.8 Å². The number of nitrogens with zero attached hydrogens (tertiary/aromatic N) is 3. The first-order valence-corrected chi connectivity index (χ1v) is 8.60. The number of ether oxygens (including phenoxy) is 1. The summed E-state index contributed by atoms with van der Waals surface area (Å²) in [6.45, 7) is 5.94. The second-order valence-corrected chi connectivity index (χ2v) is 7.22. The molecule has 3 aromatic rings. The van der Waals surface area contributed by atoms with E-state index in [9.17, 15) is 14.3 Å². The number of carboxylic acids is 1. The first-order valence-electron chi connectivity index (χ1n) is 8.60. The average molecular weight is 384 g/mol. The van der Waals surface area contributed by atoms with Crippen molar-refractivity contribution in [2.45, 2.75) is 26.2 Å². The second-order valence-electron chi connectivity index (χ2n) is 7.22. The summed E-state index contributed by atoms with van der Waals surface area (Å²) < 4.78 is 21.2. The normalized spacial score (nSPS) is 11.3. The zero-order valence-corrected chi connectivity index (χ0v) is 16.0. The molecule has 0 unspecified atom stereocenters. The van der Waals surface area contributed by atoms with Crippen LogP contribution in [0.15, 0.2) is 42.6 Å². The summed E-state index contributed by atoms with van der Waals surface area (Å²) in [6, 6.07) is 9.06. The molecule has 7 nitrogen and oxygen atoms in total. The van der Waals surface area contributed by atoms with Gasteiger partial charge in [0.25, 0.3) is 0 Å². The molecule has 8 heteroatoms. The molecule has 0 aliphatic heterocycles. The van der Waals surface area contributed by atoms with Crippen molar-refractivity contribution in [1.82, 2.24) is 14.8 Å².